The summed E-state index contributed by atoms with van der Waals surface area (Å²) in [5.74, 6) is -0.0732. The quantitative estimate of drug-likeness (QED) is 0.370. The zero-order chi connectivity index (χ0) is 13.8. The standard InChI is InChI=1S/C11H15N3O4S/c15-9-8(14(17)18)10(16)13-11(12-9)19-6-5-7-3-1-2-4-7/h7H,1-6H2,(H2,12,13,15,16). The predicted molar refractivity (Wildman–Crippen MR) is 69.3 cm³/mol. The molecule has 1 aliphatic carbocycles. The largest absolute Gasteiger partial charge is 0.488 e. The van der Waals surface area contributed by atoms with Gasteiger partial charge in [0.25, 0.3) is 11.8 Å². The molecule has 0 atom stereocenters. The zero-order valence-corrected chi connectivity index (χ0v) is 11.1. The Labute approximate surface area is 114 Å². The first-order valence-corrected chi connectivity index (χ1v) is 7.13. The van der Waals surface area contributed by atoms with Gasteiger partial charge in [0.05, 0.1) is 4.92 Å². The Kier molecular flexibility index (Phi) is 4.41. The van der Waals surface area contributed by atoms with Crippen LogP contribution in [-0.4, -0.2) is 30.9 Å². The van der Waals surface area contributed by atoms with Crippen LogP contribution in [0.3, 0.4) is 0 Å². The summed E-state index contributed by atoms with van der Waals surface area (Å²) in [6.45, 7) is 0. The molecule has 8 heteroatoms. The molecule has 0 bridgehead atoms. The minimum absolute atomic E-state index is 0.165. The number of nitro groups is 1. The Bertz CT molecular complexity index is 454. The maximum Gasteiger partial charge on any atom is 0.392 e. The molecule has 2 N–H and O–H groups in total. The molecule has 0 unspecified atom stereocenters. The Morgan fingerprint density at radius 3 is 2.37 bits per heavy atom. The summed E-state index contributed by atoms with van der Waals surface area (Å²) >= 11 is 1.29. The van der Waals surface area contributed by atoms with Crippen molar-refractivity contribution in [3.8, 4) is 11.8 Å². The van der Waals surface area contributed by atoms with Gasteiger partial charge in [-0.05, 0) is 12.3 Å². The van der Waals surface area contributed by atoms with Crippen molar-refractivity contribution in [3.63, 3.8) is 0 Å². The number of thioether (sulfide) groups is 1. The number of hydrogen-bond donors (Lipinski definition) is 2. The molecular weight excluding hydrogens is 270 g/mol. The van der Waals surface area contributed by atoms with E-state index >= 15 is 0 Å². The van der Waals surface area contributed by atoms with Crippen LogP contribution in [0, 0.1) is 16.0 Å². The van der Waals surface area contributed by atoms with Crippen molar-refractivity contribution >= 4 is 17.4 Å². The first-order chi connectivity index (χ1) is 9.08. The van der Waals surface area contributed by atoms with E-state index in [2.05, 4.69) is 9.97 Å². The van der Waals surface area contributed by atoms with Gasteiger partial charge in [0.1, 0.15) is 0 Å². The molecule has 2 rings (SSSR count). The van der Waals surface area contributed by atoms with Crippen LogP contribution in [0.1, 0.15) is 32.1 Å². The summed E-state index contributed by atoms with van der Waals surface area (Å²) in [5.41, 5.74) is -0.847. The van der Waals surface area contributed by atoms with Gasteiger partial charge in [0, 0.05) is 5.75 Å². The second-order valence-electron chi connectivity index (χ2n) is 4.55. The molecule has 0 aromatic carbocycles. The zero-order valence-electron chi connectivity index (χ0n) is 10.3. The van der Waals surface area contributed by atoms with Crippen molar-refractivity contribution < 1.29 is 15.1 Å². The topological polar surface area (TPSA) is 109 Å². The van der Waals surface area contributed by atoms with E-state index < -0.39 is 22.4 Å². The summed E-state index contributed by atoms with van der Waals surface area (Å²) in [5, 5.41) is 29.5. The summed E-state index contributed by atoms with van der Waals surface area (Å²) in [6.07, 6.45) is 6.10. The van der Waals surface area contributed by atoms with E-state index in [1.165, 1.54) is 37.4 Å². The van der Waals surface area contributed by atoms with Crippen LogP contribution in [0.15, 0.2) is 5.16 Å². The fourth-order valence-corrected chi connectivity index (χ4v) is 3.19. The highest BCUT2D eigenvalue weighted by Gasteiger charge is 2.24. The van der Waals surface area contributed by atoms with Crippen molar-refractivity contribution in [2.45, 2.75) is 37.3 Å². The molecule has 0 aliphatic heterocycles. The Morgan fingerprint density at radius 1 is 1.26 bits per heavy atom. The highest BCUT2D eigenvalue weighted by atomic mass is 32.2. The minimum Gasteiger partial charge on any atom is -0.488 e. The Balaban J connectivity index is 1.95. The van der Waals surface area contributed by atoms with Crippen LogP contribution >= 0.6 is 11.8 Å². The smallest absolute Gasteiger partial charge is 0.392 e. The van der Waals surface area contributed by atoms with Crippen molar-refractivity contribution in [1.29, 1.82) is 0 Å². The molecule has 1 fully saturated rings. The van der Waals surface area contributed by atoms with Crippen LogP contribution in [-0.2, 0) is 0 Å². The highest BCUT2D eigenvalue weighted by Crippen LogP contribution is 2.34. The van der Waals surface area contributed by atoms with E-state index in [1.54, 1.807) is 0 Å². The molecule has 7 nitrogen and oxygen atoms in total. The van der Waals surface area contributed by atoms with Gasteiger partial charge < -0.3 is 10.2 Å². The third-order valence-electron chi connectivity index (χ3n) is 3.24. The number of rotatable bonds is 5. The Morgan fingerprint density at radius 2 is 1.84 bits per heavy atom. The number of aromatic hydroxyl groups is 2. The van der Waals surface area contributed by atoms with Gasteiger partial charge in [-0.15, -0.1) is 0 Å². The van der Waals surface area contributed by atoms with Crippen molar-refractivity contribution in [2.75, 3.05) is 5.75 Å². The van der Waals surface area contributed by atoms with Gasteiger partial charge in [-0.1, -0.05) is 37.4 Å². The fraction of sp³-hybridized carbons (Fsp3) is 0.636. The van der Waals surface area contributed by atoms with Crippen molar-refractivity contribution in [3.05, 3.63) is 10.1 Å². The molecule has 0 spiro atoms. The molecule has 1 aromatic heterocycles. The molecule has 1 aromatic rings. The van der Waals surface area contributed by atoms with Crippen LogP contribution in [0.2, 0.25) is 0 Å². The average molecular weight is 285 g/mol. The third kappa shape index (κ3) is 3.46. The summed E-state index contributed by atoms with van der Waals surface area (Å²) < 4.78 is 0. The monoisotopic (exact) mass is 285 g/mol. The fourth-order valence-electron chi connectivity index (χ4n) is 2.26. The second kappa shape index (κ2) is 6.05. The van der Waals surface area contributed by atoms with E-state index in [-0.39, 0.29) is 5.16 Å². The molecular formula is C11H15N3O4S. The van der Waals surface area contributed by atoms with E-state index in [4.69, 9.17) is 0 Å². The number of aromatic nitrogens is 2. The normalized spacial score (nSPS) is 15.8. The maximum absolute atomic E-state index is 10.5. The molecule has 0 saturated heterocycles. The van der Waals surface area contributed by atoms with Crippen LogP contribution in [0.25, 0.3) is 0 Å². The van der Waals surface area contributed by atoms with Crippen LogP contribution < -0.4 is 0 Å². The lowest BCUT2D eigenvalue weighted by atomic mass is 10.1. The number of nitrogens with zero attached hydrogens (tertiary/aromatic N) is 3. The van der Waals surface area contributed by atoms with Crippen LogP contribution in [0.5, 0.6) is 11.8 Å². The molecule has 1 saturated carbocycles. The van der Waals surface area contributed by atoms with Crippen LogP contribution in [0.4, 0.5) is 5.69 Å². The highest BCUT2D eigenvalue weighted by molar-refractivity contribution is 7.99. The molecule has 104 valence electrons. The van der Waals surface area contributed by atoms with Crippen molar-refractivity contribution in [2.24, 2.45) is 5.92 Å². The Hall–Kier alpha value is -1.57. The lowest BCUT2D eigenvalue weighted by Crippen LogP contribution is -1.98. The lowest BCUT2D eigenvalue weighted by molar-refractivity contribution is -0.387. The van der Waals surface area contributed by atoms with E-state index in [0.717, 1.165) is 18.1 Å². The second-order valence-corrected chi connectivity index (χ2v) is 5.61. The molecule has 0 amide bonds. The van der Waals surface area contributed by atoms with Gasteiger partial charge in [0.2, 0.25) is 0 Å². The molecule has 1 aliphatic rings. The molecule has 1 heterocycles. The molecule has 19 heavy (non-hydrogen) atoms. The maximum atomic E-state index is 10.5. The first-order valence-electron chi connectivity index (χ1n) is 6.15. The van der Waals surface area contributed by atoms with Gasteiger partial charge in [0.15, 0.2) is 5.16 Å². The van der Waals surface area contributed by atoms with Gasteiger partial charge >= 0.3 is 5.69 Å². The van der Waals surface area contributed by atoms with Gasteiger partial charge in [-0.3, -0.25) is 10.1 Å². The molecule has 0 radical (unpaired) electrons. The summed E-state index contributed by atoms with van der Waals surface area (Å²) in [7, 11) is 0. The van der Waals surface area contributed by atoms with E-state index in [0.29, 0.717) is 0 Å². The van der Waals surface area contributed by atoms with Crippen molar-refractivity contribution in [1.82, 2.24) is 9.97 Å². The lowest BCUT2D eigenvalue weighted by Gasteiger charge is -2.07. The van der Waals surface area contributed by atoms with Gasteiger partial charge in [-0.25, -0.2) is 0 Å². The first kappa shape index (κ1) is 13.9. The minimum atomic E-state index is -0.905. The van der Waals surface area contributed by atoms with E-state index in [9.17, 15) is 20.3 Å². The SMILES string of the molecule is O=[N+]([O-])c1c(O)nc(SCCC2CCCC2)nc1O. The van der Waals surface area contributed by atoms with E-state index in [1.807, 2.05) is 0 Å². The number of hydrogen-bond acceptors (Lipinski definition) is 7. The average Bonchev–Trinajstić information content (AvgIpc) is 2.80. The summed E-state index contributed by atoms with van der Waals surface area (Å²) in [6, 6.07) is 0. The third-order valence-corrected chi connectivity index (χ3v) is 4.12. The van der Waals surface area contributed by atoms with Gasteiger partial charge in [-0.2, -0.15) is 9.97 Å². The summed E-state index contributed by atoms with van der Waals surface area (Å²) in [4.78, 5) is 16.9. The predicted octanol–water partition coefficient (Wildman–Crippen LogP) is 2.47.